The highest BCUT2D eigenvalue weighted by atomic mass is 31.2. The van der Waals surface area contributed by atoms with E-state index < -0.39 is 97.5 Å². The number of aliphatic hydroxyl groups is 1. The van der Waals surface area contributed by atoms with Gasteiger partial charge in [0.2, 0.25) is 0 Å². The first-order chi connectivity index (χ1) is 44.4. The summed E-state index contributed by atoms with van der Waals surface area (Å²) < 4.78 is 68.3. The molecule has 0 aromatic carbocycles. The van der Waals surface area contributed by atoms with Crippen molar-refractivity contribution in [1.29, 1.82) is 0 Å². The summed E-state index contributed by atoms with van der Waals surface area (Å²) in [4.78, 5) is 72.5. The summed E-state index contributed by atoms with van der Waals surface area (Å²) in [7, 11) is -9.90. The molecule has 0 aliphatic rings. The average Bonchev–Trinajstić information content (AvgIpc) is 1.41. The van der Waals surface area contributed by atoms with Gasteiger partial charge >= 0.3 is 39.5 Å². The van der Waals surface area contributed by atoms with E-state index in [0.717, 1.165) is 115 Å². The Balaban J connectivity index is 5.18. The fourth-order valence-corrected chi connectivity index (χ4v) is 12.7. The van der Waals surface area contributed by atoms with Crippen LogP contribution in [0.25, 0.3) is 0 Å². The Bertz CT molecular complexity index is 1790. The first kappa shape index (κ1) is 90.1. The van der Waals surface area contributed by atoms with E-state index in [9.17, 15) is 43.2 Å². The number of phosphoric acid groups is 2. The van der Waals surface area contributed by atoms with Crippen LogP contribution in [-0.4, -0.2) is 96.7 Å². The second kappa shape index (κ2) is 65.0. The minimum absolute atomic E-state index is 0.104. The number of aliphatic hydroxyl groups excluding tert-OH is 1. The lowest BCUT2D eigenvalue weighted by Crippen LogP contribution is -2.30. The molecule has 92 heavy (non-hydrogen) atoms. The van der Waals surface area contributed by atoms with Gasteiger partial charge in [-0.2, -0.15) is 0 Å². The van der Waals surface area contributed by atoms with E-state index >= 15 is 0 Å². The number of carbonyl (C=O) groups is 4. The third kappa shape index (κ3) is 66.7. The van der Waals surface area contributed by atoms with Crippen molar-refractivity contribution in [2.45, 2.75) is 394 Å². The predicted molar refractivity (Wildman–Crippen MR) is 372 cm³/mol. The van der Waals surface area contributed by atoms with Crippen molar-refractivity contribution < 1.29 is 80.2 Å². The maximum absolute atomic E-state index is 13.1. The Morgan fingerprint density at radius 2 is 0.500 bits per heavy atom. The van der Waals surface area contributed by atoms with Crippen molar-refractivity contribution >= 4 is 39.5 Å². The Kier molecular flexibility index (Phi) is 63.7. The number of hydrogen-bond donors (Lipinski definition) is 3. The summed E-state index contributed by atoms with van der Waals surface area (Å²) >= 11 is 0. The molecule has 17 nitrogen and oxygen atoms in total. The molecule has 0 radical (unpaired) electrons. The Morgan fingerprint density at radius 1 is 0.293 bits per heavy atom. The van der Waals surface area contributed by atoms with Gasteiger partial charge in [-0.05, 0) is 37.5 Å². The Hall–Kier alpha value is -1.94. The van der Waals surface area contributed by atoms with Crippen molar-refractivity contribution in [3.05, 3.63) is 0 Å². The number of rotatable bonds is 72. The largest absolute Gasteiger partial charge is 0.472 e. The summed E-state index contributed by atoms with van der Waals surface area (Å²) in [6, 6.07) is 0. The van der Waals surface area contributed by atoms with Crippen LogP contribution in [0, 0.1) is 11.8 Å². The molecule has 0 heterocycles. The van der Waals surface area contributed by atoms with Gasteiger partial charge in [0.15, 0.2) is 12.2 Å². The highest BCUT2D eigenvalue weighted by Crippen LogP contribution is 2.45. The molecule has 0 amide bonds. The molecular formula is C73H142O17P2. The van der Waals surface area contributed by atoms with Crippen LogP contribution < -0.4 is 0 Å². The Morgan fingerprint density at radius 3 is 0.739 bits per heavy atom. The second-order valence-electron chi connectivity index (χ2n) is 27.3. The molecule has 0 saturated carbocycles. The minimum atomic E-state index is -4.95. The van der Waals surface area contributed by atoms with E-state index in [-0.39, 0.29) is 25.7 Å². The van der Waals surface area contributed by atoms with Crippen LogP contribution in [0.5, 0.6) is 0 Å². The highest BCUT2D eigenvalue weighted by molar-refractivity contribution is 7.47. The molecule has 2 unspecified atom stereocenters. The molecule has 0 aromatic rings. The van der Waals surface area contributed by atoms with E-state index in [1.807, 2.05) is 0 Å². The van der Waals surface area contributed by atoms with Crippen molar-refractivity contribution in [2.24, 2.45) is 11.8 Å². The maximum atomic E-state index is 13.1. The summed E-state index contributed by atoms with van der Waals surface area (Å²) in [6.45, 7) is 9.50. The van der Waals surface area contributed by atoms with Crippen molar-refractivity contribution in [3.63, 3.8) is 0 Å². The molecule has 546 valence electrons. The lowest BCUT2D eigenvalue weighted by molar-refractivity contribution is -0.161. The number of hydrogen-bond acceptors (Lipinski definition) is 15. The van der Waals surface area contributed by atoms with E-state index in [1.165, 1.54) is 180 Å². The quantitative estimate of drug-likeness (QED) is 0.0222. The molecule has 0 aliphatic carbocycles. The molecule has 3 N–H and O–H groups in total. The van der Waals surface area contributed by atoms with Gasteiger partial charge in [-0.1, -0.05) is 324 Å². The van der Waals surface area contributed by atoms with E-state index in [4.69, 9.17) is 37.0 Å². The van der Waals surface area contributed by atoms with E-state index in [2.05, 4.69) is 41.5 Å². The van der Waals surface area contributed by atoms with Gasteiger partial charge in [-0.3, -0.25) is 37.3 Å². The average molecular weight is 1350 g/mol. The van der Waals surface area contributed by atoms with Crippen molar-refractivity contribution in [2.75, 3.05) is 39.6 Å². The number of unbranched alkanes of at least 4 members (excludes halogenated alkanes) is 42. The zero-order valence-electron chi connectivity index (χ0n) is 59.9. The predicted octanol–water partition coefficient (Wildman–Crippen LogP) is 21.2. The lowest BCUT2D eigenvalue weighted by Gasteiger charge is -2.21. The minimum Gasteiger partial charge on any atom is -0.462 e. The van der Waals surface area contributed by atoms with Gasteiger partial charge in [0.25, 0.3) is 0 Å². The fourth-order valence-electron chi connectivity index (χ4n) is 11.1. The van der Waals surface area contributed by atoms with E-state index in [0.29, 0.717) is 25.7 Å². The van der Waals surface area contributed by atoms with Crippen LogP contribution in [0.1, 0.15) is 375 Å². The topological polar surface area (TPSA) is 237 Å². The molecule has 0 rings (SSSR count). The standard InChI is InChI=1S/C73H142O17P2/c1-7-9-11-13-15-16-17-18-19-20-21-22-23-24-29-32-39-45-51-57-72(77)89-69(62-84-71(76)56-50-44-38-31-28-26-25-27-30-36-41-47-53-65(3)4)64-88-92(81,82)86-60-67(74)59-85-91(79,80)87-63-68(61-83-70(75)55-49-43-35-14-12-10-8-2)90-73(78)58-52-46-40-34-33-37-42-48-54-66(5)6/h65-69,74H,7-64H2,1-6H3,(H,79,80)(H,81,82)/t67-,68+,69+/m0/s1. The maximum Gasteiger partial charge on any atom is 0.472 e. The highest BCUT2D eigenvalue weighted by Gasteiger charge is 2.30. The lowest BCUT2D eigenvalue weighted by atomic mass is 10.0. The number of esters is 4. The fraction of sp³-hybridized carbons (Fsp3) is 0.945. The second-order valence-corrected chi connectivity index (χ2v) is 30.2. The van der Waals surface area contributed by atoms with Crippen LogP contribution in [0.2, 0.25) is 0 Å². The summed E-state index contributed by atoms with van der Waals surface area (Å²) in [6.07, 6.45) is 51.6. The summed E-state index contributed by atoms with van der Waals surface area (Å²) in [5, 5.41) is 10.6. The van der Waals surface area contributed by atoms with E-state index in [1.54, 1.807) is 0 Å². The molecule has 0 bridgehead atoms. The third-order valence-corrected chi connectivity index (χ3v) is 18.9. The van der Waals surface area contributed by atoms with Crippen LogP contribution in [0.4, 0.5) is 0 Å². The molecule has 0 aliphatic heterocycles. The smallest absolute Gasteiger partial charge is 0.462 e. The van der Waals surface area contributed by atoms with Gasteiger partial charge in [-0.15, -0.1) is 0 Å². The van der Waals surface area contributed by atoms with Crippen LogP contribution in [0.3, 0.4) is 0 Å². The van der Waals surface area contributed by atoms with Crippen LogP contribution in [-0.2, 0) is 65.4 Å². The van der Waals surface area contributed by atoms with Crippen LogP contribution in [0.15, 0.2) is 0 Å². The number of carbonyl (C=O) groups excluding carboxylic acids is 4. The van der Waals surface area contributed by atoms with Gasteiger partial charge in [-0.25, -0.2) is 9.13 Å². The Labute approximate surface area is 562 Å². The van der Waals surface area contributed by atoms with Gasteiger partial charge in [0.05, 0.1) is 26.4 Å². The zero-order valence-corrected chi connectivity index (χ0v) is 61.6. The van der Waals surface area contributed by atoms with Gasteiger partial charge in [0, 0.05) is 25.7 Å². The summed E-state index contributed by atoms with van der Waals surface area (Å²) in [5.41, 5.74) is 0. The molecule has 0 aromatic heterocycles. The zero-order chi connectivity index (χ0) is 67.9. The molecule has 5 atom stereocenters. The monoisotopic (exact) mass is 1350 g/mol. The first-order valence-corrected chi connectivity index (χ1v) is 41.0. The number of phosphoric ester groups is 2. The SMILES string of the molecule is CCCCCCCCCCCCCCCCCCCCCC(=O)O[C@H](COC(=O)CCCCCCCCCCCCCCC(C)C)COP(=O)(O)OC[C@@H](O)COP(=O)(O)OC[C@@H](COC(=O)CCCCCCCCC)OC(=O)CCCCCCCCCCC(C)C. The molecule has 19 heteroatoms. The summed E-state index contributed by atoms with van der Waals surface area (Å²) in [5.74, 6) is -0.626. The van der Waals surface area contributed by atoms with Gasteiger partial charge < -0.3 is 33.8 Å². The van der Waals surface area contributed by atoms with Crippen molar-refractivity contribution in [1.82, 2.24) is 0 Å². The normalized spacial score (nSPS) is 14.1. The van der Waals surface area contributed by atoms with Crippen molar-refractivity contribution in [3.8, 4) is 0 Å². The third-order valence-electron chi connectivity index (χ3n) is 17.0. The molecule has 0 fully saturated rings. The number of ether oxygens (including phenoxy) is 4. The molecular weight excluding hydrogens is 1210 g/mol. The van der Waals surface area contributed by atoms with Gasteiger partial charge in [0.1, 0.15) is 19.3 Å². The van der Waals surface area contributed by atoms with Crippen LogP contribution >= 0.6 is 15.6 Å². The first-order valence-electron chi connectivity index (χ1n) is 38.0. The molecule has 0 saturated heterocycles. The molecule has 0 spiro atoms.